The van der Waals surface area contributed by atoms with Gasteiger partial charge < -0.3 is 5.11 Å². The number of carboxylic acid groups (broad SMARTS) is 1. The van der Waals surface area contributed by atoms with Crippen LogP contribution >= 0.6 is 23.2 Å². The number of hydrogen-bond acceptors (Lipinski definition) is 1. The Kier molecular flexibility index (Phi) is 3.96. The molecule has 1 rings (SSSR count). The lowest BCUT2D eigenvalue weighted by Crippen LogP contribution is -1.99. The van der Waals surface area contributed by atoms with Gasteiger partial charge in [0.2, 0.25) is 0 Å². The molecule has 0 saturated carbocycles. The van der Waals surface area contributed by atoms with E-state index in [-0.39, 0.29) is 22.0 Å². The highest BCUT2D eigenvalue weighted by molar-refractivity contribution is 6.33. The third kappa shape index (κ3) is 2.85. The molecule has 0 spiro atoms. The lowest BCUT2D eigenvalue weighted by Gasteiger charge is -2.00. The SMILES string of the molecule is O=C(O)c1cc(F)c(C#CCCl)cc1Cl. The van der Waals surface area contributed by atoms with Crippen molar-refractivity contribution in [2.75, 3.05) is 5.88 Å². The van der Waals surface area contributed by atoms with Crippen molar-refractivity contribution in [2.24, 2.45) is 0 Å². The van der Waals surface area contributed by atoms with Gasteiger partial charge in [-0.05, 0) is 12.1 Å². The van der Waals surface area contributed by atoms with Crippen LogP contribution < -0.4 is 0 Å². The van der Waals surface area contributed by atoms with E-state index >= 15 is 0 Å². The Morgan fingerprint density at radius 2 is 2.20 bits per heavy atom. The molecule has 78 valence electrons. The van der Waals surface area contributed by atoms with Crippen LogP contribution in [0.2, 0.25) is 5.02 Å². The van der Waals surface area contributed by atoms with E-state index in [9.17, 15) is 9.18 Å². The molecule has 1 N–H and O–H groups in total. The van der Waals surface area contributed by atoms with Crippen molar-refractivity contribution in [1.29, 1.82) is 0 Å². The average molecular weight is 247 g/mol. The highest BCUT2D eigenvalue weighted by Gasteiger charge is 2.12. The van der Waals surface area contributed by atoms with E-state index in [0.29, 0.717) is 0 Å². The smallest absolute Gasteiger partial charge is 0.337 e. The Bertz CT molecular complexity index is 460. The number of carbonyl (C=O) groups is 1. The van der Waals surface area contributed by atoms with Crippen LogP contribution in [0.4, 0.5) is 4.39 Å². The van der Waals surface area contributed by atoms with Gasteiger partial charge in [-0.3, -0.25) is 0 Å². The Hall–Kier alpha value is -1.24. The first kappa shape index (κ1) is 11.8. The summed E-state index contributed by atoms with van der Waals surface area (Å²) in [6.45, 7) is 0. The van der Waals surface area contributed by atoms with E-state index in [4.69, 9.17) is 28.3 Å². The maximum atomic E-state index is 13.2. The Labute approximate surface area is 95.6 Å². The fraction of sp³-hybridized carbons (Fsp3) is 0.100. The van der Waals surface area contributed by atoms with Crippen LogP contribution in [0.3, 0.4) is 0 Å². The summed E-state index contributed by atoms with van der Waals surface area (Å²) in [7, 11) is 0. The molecule has 0 saturated heterocycles. The lowest BCUT2D eigenvalue weighted by atomic mass is 10.1. The lowest BCUT2D eigenvalue weighted by molar-refractivity contribution is 0.0696. The van der Waals surface area contributed by atoms with Gasteiger partial charge in [-0.2, -0.15) is 0 Å². The van der Waals surface area contributed by atoms with Crippen LogP contribution in [0.15, 0.2) is 12.1 Å². The van der Waals surface area contributed by atoms with Crippen molar-refractivity contribution in [1.82, 2.24) is 0 Å². The second-order valence-electron chi connectivity index (χ2n) is 2.55. The van der Waals surface area contributed by atoms with E-state index in [1.165, 1.54) is 6.07 Å². The summed E-state index contributed by atoms with van der Waals surface area (Å²) in [4.78, 5) is 10.6. The molecule has 5 heteroatoms. The Balaban J connectivity index is 3.25. The number of hydrogen-bond donors (Lipinski definition) is 1. The number of halogens is 3. The van der Waals surface area contributed by atoms with Gasteiger partial charge in [0.15, 0.2) is 0 Å². The maximum Gasteiger partial charge on any atom is 0.337 e. The summed E-state index contributed by atoms with van der Waals surface area (Å²) >= 11 is 10.9. The van der Waals surface area contributed by atoms with Crippen LogP contribution in [0, 0.1) is 17.7 Å². The summed E-state index contributed by atoms with van der Waals surface area (Å²) < 4.78 is 13.2. The molecule has 0 aliphatic rings. The van der Waals surface area contributed by atoms with Crippen LogP contribution in [0.25, 0.3) is 0 Å². The second kappa shape index (κ2) is 5.01. The number of rotatable bonds is 1. The fourth-order valence-corrected chi connectivity index (χ4v) is 1.25. The molecule has 0 bridgehead atoms. The van der Waals surface area contributed by atoms with Gasteiger partial charge in [0.05, 0.1) is 22.0 Å². The third-order valence-electron chi connectivity index (χ3n) is 1.58. The fourth-order valence-electron chi connectivity index (χ4n) is 0.935. The first-order valence-electron chi connectivity index (χ1n) is 3.83. The van der Waals surface area contributed by atoms with Gasteiger partial charge in [0, 0.05) is 0 Å². The first-order chi connectivity index (χ1) is 7.06. The minimum atomic E-state index is -1.28. The number of aromatic carboxylic acids is 1. The van der Waals surface area contributed by atoms with E-state index in [1.54, 1.807) is 0 Å². The first-order valence-corrected chi connectivity index (χ1v) is 4.74. The maximum absolute atomic E-state index is 13.2. The summed E-state index contributed by atoms with van der Waals surface area (Å²) in [6, 6.07) is 2.00. The van der Waals surface area contributed by atoms with Crippen LogP contribution in [-0.2, 0) is 0 Å². The summed E-state index contributed by atoms with van der Waals surface area (Å²) in [5.41, 5.74) is -0.253. The van der Waals surface area contributed by atoms with Crippen molar-refractivity contribution in [2.45, 2.75) is 0 Å². The monoisotopic (exact) mass is 246 g/mol. The number of benzene rings is 1. The Morgan fingerprint density at radius 1 is 1.53 bits per heavy atom. The van der Waals surface area contributed by atoms with E-state index in [1.807, 2.05) is 0 Å². The molecule has 0 fully saturated rings. The molecule has 0 unspecified atom stereocenters. The van der Waals surface area contributed by atoms with Crippen molar-refractivity contribution >= 4 is 29.2 Å². The molecule has 1 aromatic carbocycles. The molecule has 2 nitrogen and oxygen atoms in total. The average Bonchev–Trinajstić information content (AvgIpc) is 2.18. The van der Waals surface area contributed by atoms with Crippen molar-refractivity contribution < 1.29 is 14.3 Å². The molecule has 0 atom stereocenters. The topological polar surface area (TPSA) is 37.3 Å². The molecule has 0 radical (unpaired) electrons. The molecular weight excluding hydrogens is 242 g/mol. The quantitative estimate of drug-likeness (QED) is 0.612. The standard InChI is InChI=1S/C10H5Cl2FO2/c11-3-1-2-6-4-8(12)7(10(14)15)5-9(6)13/h4-5H,3H2,(H,14,15). The summed E-state index contributed by atoms with van der Waals surface area (Å²) in [5, 5.41) is 8.60. The zero-order chi connectivity index (χ0) is 11.4. The van der Waals surface area contributed by atoms with Crippen molar-refractivity contribution in [3.63, 3.8) is 0 Å². The highest BCUT2D eigenvalue weighted by atomic mass is 35.5. The zero-order valence-electron chi connectivity index (χ0n) is 7.35. The molecule has 0 aliphatic heterocycles. The van der Waals surface area contributed by atoms with E-state index in [0.717, 1.165) is 6.07 Å². The van der Waals surface area contributed by atoms with Gasteiger partial charge in [-0.1, -0.05) is 23.4 Å². The normalized spacial score (nSPS) is 9.27. The minimum absolute atomic E-state index is 0.0330. The van der Waals surface area contributed by atoms with E-state index in [2.05, 4.69) is 11.8 Å². The van der Waals surface area contributed by atoms with Gasteiger partial charge in [-0.25, -0.2) is 9.18 Å². The van der Waals surface area contributed by atoms with Gasteiger partial charge in [-0.15, -0.1) is 11.6 Å². The molecule has 0 amide bonds. The largest absolute Gasteiger partial charge is 0.478 e. The van der Waals surface area contributed by atoms with Gasteiger partial charge in [0.1, 0.15) is 5.82 Å². The predicted octanol–water partition coefficient (Wildman–Crippen LogP) is 2.77. The second-order valence-corrected chi connectivity index (χ2v) is 3.23. The predicted molar refractivity (Wildman–Crippen MR) is 56.0 cm³/mol. The molecule has 15 heavy (non-hydrogen) atoms. The molecular formula is C10H5Cl2FO2. The van der Waals surface area contributed by atoms with Crippen LogP contribution in [0.1, 0.15) is 15.9 Å². The van der Waals surface area contributed by atoms with Crippen LogP contribution in [0.5, 0.6) is 0 Å². The van der Waals surface area contributed by atoms with Gasteiger partial charge in [0.25, 0.3) is 0 Å². The molecule has 0 aliphatic carbocycles. The molecule has 0 heterocycles. The number of carboxylic acids is 1. The van der Waals surface area contributed by atoms with Gasteiger partial charge >= 0.3 is 5.97 Å². The molecule has 0 aromatic heterocycles. The summed E-state index contributed by atoms with van der Waals surface area (Å²) in [6.07, 6.45) is 0. The molecule has 1 aromatic rings. The van der Waals surface area contributed by atoms with Crippen molar-refractivity contribution in [3.8, 4) is 11.8 Å². The van der Waals surface area contributed by atoms with E-state index < -0.39 is 11.8 Å². The van der Waals surface area contributed by atoms with Crippen molar-refractivity contribution in [3.05, 3.63) is 34.1 Å². The minimum Gasteiger partial charge on any atom is -0.478 e. The highest BCUT2D eigenvalue weighted by Crippen LogP contribution is 2.20. The summed E-state index contributed by atoms with van der Waals surface area (Å²) in [5.74, 6) is 2.94. The zero-order valence-corrected chi connectivity index (χ0v) is 8.86. The number of alkyl halides is 1. The third-order valence-corrected chi connectivity index (χ3v) is 2.02. The van der Waals surface area contributed by atoms with Crippen LogP contribution in [-0.4, -0.2) is 17.0 Å². The Morgan fingerprint density at radius 3 is 2.73 bits per heavy atom.